The van der Waals surface area contributed by atoms with E-state index < -0.39 is 5.60 Å². The number of aromatic nitrogens is 1. The van der Waals surface area contributed by atoms with Gasteiger partial charge in [0, 0.05) is 44.0 Å². The predicted octanol–water partition coefficient (Wildman–Crippen LogP) is 1.34. The van der Waals surface area contributed by atoms with Crippen LogP contribution in [-0.4, -0.2) is 35.5 Å². The monoisotopic (exact) mass is 242 g/mol. The lowest BCUT2D eigenvalue weighted by atomic mass is 9.94. The highest BCUT2D eigenvalue weighted by atomic mass is 32.1. The van der Waals surface area contributed by atoms with Crippen LogP contribution >= 0.6 is 11.3 Å². The van der Waals surface area contributed by atoms with E-state index in [2.05, 4.69) is 17.2 Å². The van der Waals surface area contributed by atoms with Crippen molar-refractivity contribution in [1.29, 1.82) is 0 Å². The zero-order valence-electron chi connectivity index (χ0n) is 9.48. The van der Waals surface area contributed by atoms with Gasteiger partial charge in [-0.15, -0.1) is 11.3 Å². The summed E-state index contributed by atoms with van der Waals surface area (Å²) in [5.74, 6) is 0. The van der Waals surface area contributed by atoms with Crippen molar-refractivity contribution in [3.63, 3.8) is 0 Å². The molecular formula is C11H18N2O2S. The summed E-state index contributed by atoms with van der Waals surface area (Å²) < 4.78 is 5.25. The molecule has 16 heavy (non-hydrogen) atoms. The Morgan fingerprint density at radius 2 is 2.38 bits per heavy atom. The van der Waals surface area contributed by atoms with Crippen LogP contribution in [0.3, 0.4) is 0 Å². The van der Waals surface area contributed by atoms with Crippen molar-refractivity contribution in [3.05, 3.63) is 16.6 Å². The van der Waals surface area contributed by atoms with E-state index in [1.54, 1.807) is 11.3 Å². The number of nitrogens with zero attached hydrogens (tertiary/aromatic N) is 1. The summed E-state index contributed by atoms with van der Waals surface area (Å²) in [5, 5.41) is 15.6. The Hall–Kier alpha value is -0.490. The largest absolute Gasteiger partial charge is 0.388 e. The topological polar surface area (TPSA) is 54.4 Å². The number of nitrogens with one attached hydrogen (secondary N) is 1. The highest BCUT2D eigenvalue weighted by molar-refractivity contribution is 7.07. The van der Waals surface area contributed by atoms with E-state index in [1.165, 1.54) is 0 Å². The molecule has 1 aliphatic rings. The summed E-state index contributed by atoms with van der Waals surface area (Å²) in [5.41, 5.74) is 2.26. The third-order valence-electron chi connectivity index (χ3n) is 3.06. The number of aliphatic hydroxyl groups is 1. The third kappa shape index (κ3) is 3.01. The number of hydrogen-bond donors (Lipinski definition) is 2. The normalized spacial score (nSPS) is 21.9. The molecule has 2 rings (SSSR count). The van der Waals surface area contributed by atoms with Crippen molar-refractivity contribution in [1.82, 2.24) is 10.3 Å². The zero-order chi connectivity index (χ0) is 11.4. The summed E-state index contributed by atoms with van der Waals surface area (Å²) in [4.78, 5) is 4.25. The second kappa shape index (κ2) is 5.23. The standard InChI is InChI=1S/C11H18N2O2S/c1-9(10-6-16-8-13-10)12-7-11(14)2-4-15-5-3-11/h6,8-9,12,14H,2-5,7H2,1H3. The Morgan fingerprint density at radius 1 is 1.62 bits per heavy atom. The van der Waals surface area contributed by atoms with Crippen molar-refractivity contribution < 1.29 is 9.84 Å². The first-order valence-corrected chi connectivity index (χ1v) is 6.55. The molecule has 1 aromatic heterocycles. The van der Waals surface area contributed by atoms with Crippen molar-refractivity contribution in [3.8, 4) is 0 Å². The second-order valence-electron chi connectivity index (χ2n) is 4.35. The van der Waals surface area contributed by atoms with Gasteiger partial charge in [0.25, 0.3) is 0 Å². The van der Waals surface area contributed by atoms with E-state index in [1.807, 2.05) is 10.9 Å². The molecule has 0 saturated carbocycles. The predicted molar refractivity (Wildman–Crippen MR) is 63.5 cm³/mol. The molecule has 0 amide bonds. The van der Waals surface area contributed by atoms with Crippen LogP contribution in [0.1, 0.15) is 31.5 Å². The maximum atomic E-state index is 10.3. The van der Waals surface area contributed by atoms with Gasteiger partial charge < -0.3 is 15.2 Å². The summed E-state index contributed by atoms with van der Waals surface area (Å²) in [6, 6.07) is 0.193. The lowest BCUT2D eigenvalue weighted by molar-refractivity contribution is -0.0626. The molecule has 1 saturated heterocycles. The molecule has 4 nitrogen and oxygen atoms in total. The quantitative estimate of drug-likeness (QED) is 0.836. The maximum absolute atomic E-state index is 10.3. The first-order valence-electron chi connectivity index (χ1n) is 5.61. The highest BCUT2D eigenvalue weighted by Gasteiger charge is 2.29. The fourth-order valence-electron chi connectivity index (χ4n) is 1.81. The van der Waals surface area contributed by atoms with Crippen molar-refractivity contribution in [2.45, 2.75) is 31.4 Å². The Balaban J connectivity index is 1.82. The number of thiazole rings is 1. The van der Waals surface area contributed by atoms with Gasteiger partial charge in [0.1, 0.15) is 0 Å². The Bertz CT molecular complexity index is 310. The summed E-state index contributed by atoms with van der Waals surface area (Å²) in [6.45, 7) is 3.99. The first-order chi connectivity index (χ1) is 7.70. The van der Waals surface area contributed by atoms with Gasteiger partial charge in [-0.3, -0.25) is 0 Å². The molecular weight excluding hydrogens is 224 g/mol. The minimum atomic E-state index is -0.609. The molecule has 0 aliphatic carbocycles. The van der Waals surface area contributed by atoms with E-state index in [0.29, 0.717) is 32.6 Å². The van der Waals surface area contributed by atoms with Gasteiger partial charge in [-0.2, -0.15) is 0 Å². The molecule has 2 heterocycles. The van der Waals surface area contributed by atoms with Crippen molar-refractivity contribution >= 4 is 11.3 Å². The van der Waals surface area contributed by atoms with Crippen LogP contribution in [0.4, 0.5) is 0 Å². The second-order valence-corrected chi connectivity index (χ2v) is 5.07. The van der Waals surface area contributed by atoms with Gasteiger partial charge in [0.15, 0.2) is 0 Å². The van der Waals surface area contributed by atoms with Gasteiger partial charge in [0.2, 0.25) is 0 Å². The SMILES string of the molecule is CC(NCC1(O)CCOCC1)c1cscn1. The minimum Gasteiger partial charge on any atom is -0.388 e. The molecule has 0 bridgehead atoms. The van der Waals surface area contributed by atoms with E-state index in [4.69, 9.17) is 4.74 Å². The van der Waals surface area contributed by atoms with Crippen molar-refractivity contribution in [2.24, 2.45) is 0 Å². The Labute approximate surface area is 99.7 Å². The van der Waals surface area contributed by atoms with E-state index in [0.717, 1.165) is 5.69 Å². The van der Waals surface area contributed by atoms with E-state index in [-0.39, 0.29) is 6.04 Å². The maximum Gasteiger partial charge on any atom is 0.0815 e. The van der Waals surface area contributed by atoms with Crippen LogP contribution in [-0.2, 0) is 4.74 Å². The lowest BCUT2D eigenvalue weighted by Crippen LogP contribution is -2.45. The Morgan fingerprint density at radius 3 is 3.00 bits per heavy atom. The van der Waals surface area contributed by atoms with Crippen LogP contribution in [0.5, 0.6) is 0 Å². The molecule has 5 heteroatoms. The fraction of sp³-hybridized carbons (Fsp3) is 0.727. The molecule has 1 unspecified atom stereocenters. The number of hydrogen-bond acceptors (Lipinski definition) is 5. The molecule has 0 aromatic carbocycles. The molecule has 2 N–H and O–H groups in total. The first kappa shape index (κ1) is 12.0. The molecule has 1 fully saturated rings. The van der Waals surface area contributed by atoms with Crippen molar-refractivity contribution in [2.75, 3.05) is 19.8 Å². The van der Waals surface area contributed by atoms with Crippen LogP contribution in [0.2, 0.25) is 0 Å². The average Bonchev–Trinajstić information content (AvgIpc) is 2.80. The molecule has 0 radical (unpaired) electrons. The van der Waals surface area contributed by atoms with Gasteiger partial charge in [-0.25, -0.2) is 4.98 Å². The van der Waals surface area contributed by atoms with Gasteiger partial charge in [-0.05, 0) is 6.92 Å². The van der Waals surface area contributed by atoms with Gasteiger partial charge in [0.05, 0.1) is 16.8 Å². The molecule has 1 atom stereocenters. The smallest absolute Gasteiger partial charge is 0.0815 e. The van der Waals surface area contributed by atoms with E-state index >= 15 is 0 Å². The van der Waals surface area contributed by atoms with Crippen LogP contribution in [0.15, 0.2) is 10.9 Å². The highest BCUT2D eigenvalue weighted by Crippen LogP contribution is 2.21. The fourth-order valence-corrected chi connectivity index (χ4v) is 2.46. The summed E-state index contributed by atoms with van der Waals surface area (Å²) in [7, 11) is 0. The zero-order valence-corrected chi connectivity index (χ0v) is 10.3. The van der Waals surface area contributed by atoms with Crippen LogP contribution in [0.25, 0.3) is 0 Å². The minimum absolute atomic E-state index is 0.193. The van der Waals surface area contributed by atoms with E-state index in [9.17, 15) is 5.11 Å². The summed E-state index contributed by atoms with van der Waals surface area (Å²) >= 11 is 1.59. The van der Waals surface area contributed by atoms with Gasteiger partial charge >= 0.3 is 0 Å². The lowest BCUT2D eigenvalue weighted by Gasteiger charge is -2.33. The Kier molecular flexibility index (Phi) is 3.91. The molecule has 1 aliphatic heterocycles. The van der Waals surface area contributed by atoms with Gasteiger partial charge in [-0.1, -0.05) is 0 Å². The summed E-state index contributed by atoms with van der Waals surface area (Å²) in [6.07, 6.45) is 1.42. The molecule has 90 valence electrons. The average molecular weight is 242 g/mol. The van der Waals surface area contributed by atoms with Crippen LogP contribution < -0.4 is 5.32 Å². The van der Waals surface area contributed by atoms with Crippen LogP contribution in [0, 0.1) is 0 Å². The third-order valence-corrected chi connectivity index (χ3v) is 3.66. The molecule has 0 spiro atoms. The number of rotatable bonds is 4. The number of ether oxygens (including phenoxy) is 1. The molecule has 1 aromatic rings.